The van der Waals surface area contributed by atoms with Crippen molar-refractivity contribution in [3.05, 3.63) is 118 Å². The quantitative estimate of drug-likeness (QED) is 0.167. The van der Waals surface area contributed by atoms with E-state index in [0.29, 0.717) is 16.5 Å². The lowest BCUT2D eigenvalue weighted by Crippen LogP contribution is -2.37. The van der Waals surface area contributed by atoms with E-state index in [1.165, 1.54) is 34.8 Å². The molecule has 10 nitrogen and oxygen atoms in total. The van der Waals surface area contributed by atoms with Gasteiger partial charge in [0.1, 0.15) is 11.5 Å². The molecule has 2 amide bonds. The van der Waals surface area contributed by atoms with Gasteiger partial charge in [-0.2, -0.15) is 9.41 Å². The summed E-state index contributed by atoms with van der Waals surface area (Å²) in [6.45, 7) is 2.10. The predicted octanol–water partition coefficient (Wildman–Crippen LogP) is 3.79. The molecule has 0 aliphatic heterocycles. The summed E-state index contributed by atoms with van der Waals surface area (Å²) in [7, 11) is -3.90. The average Bonchev–Trinajstić information content (AvgIpc) is 3.40. The van der Waals surface area contributed by atoms with Gasteiger partial charge >= 0.3 is 11.8 Å². The van der Waals surface area contributed by atoms with E-state index in [1.807, 2.05) is 31.2 Å². The first-order valence-corrected chi connectivity index (χ1v) is 13.9. The molecular weight excluding hydrogens is 554 g/mol. The van der Waals surface area contributed by atoms with Crippen molar-refractivity contribution in [2.24, 2.45) is 5.10 Å². The van der Waals surface area contributed by atoms with Gasteiger partial charge in [-0.05, 0) is 61.0 Å². The molecule has 0 atom stereocenters. The maximum atomic E-state index is 13.5. The molecule has 0 spiro atoms. The zero-order valence-electron chi connectivity index (χ0n) is 21.5. The van der Waals surface area contributed by atoms with Crippen molar-refractivity contribution in [1.82, 2.24) is 20.0 Å². The second-order valence-corrected chi connectivity index (χ2v) is 11.1. The maximum absolute atomic E-state index is 13.5. The molecule has 0 aliphatic rings. The molecule has 2 N–H and O–H groups in total. The van der Waals surface area contributed by atoms with Crippen molar-refractivity contribution in [2.45, 2.75) is 31.5 Å². The molecule has 12 heteroatoms. The number of amides is 2. The second-order valence-electron chi connectivity index (χ2n) is 8.72. The van der Waals surface area contributed by atoms with Crippen LogP contribution in [0.1, 0.15) is 28.3 Å². The van der Waals surface area contributed by atoms with Crippen LogP contribution in [0.3, 0.4) is 0 Å². The van der Waals surface area contributed by atoms with Gasteiger partial charge in [0.25, 0.3) is 0 Å². The molecular formula is C28H26ClN5O5S. The fourth-order valence-electron chi connectivity index (χ4n) is 3.56. The van der Waals surface area contributed by atoms with E-state index in [-0.39, 0.29) is 30.3 Å². The maximum Gasteiger partial charge on any atom is 0.329 e. The minimum Gasteiger partial charge on any atom is -0.459 e. The lowest BCUT2D eigenvalue weighted by Gasteiger charge is -2.21. The van der Waals surface area contributed by atoms with Crippen molar-refractivity contribution in [1.29, 1.82) is 0 Å². The van der Waals surface area contributed by atoms with E-state index in [1.54, 1.807) is 36.5 Å². The summed E-state index contributed by atoms with van der Waals surface area (Å²) < 4.78 is 34.0. The number of halogens is 1. The predicted molar refractivity (Wildman–Crippen MR) is 150 cm³/mol. The summed E-state index contributed by atoms with van der Waals surface area (Å²) in [4.78, 5) is 28.1. The smallest absolute Gasteiger partial charge is 0.329 e. The highest BCUT2D eigenvalue weighted by Gasteiger charge is 2.26. The van der Waals surface area contributed by atoms with Gasteiger partial charge in [-0.1, -0.05) is 47.5 Å². The molecule has 4 rings (SSSR count). The van der Waals surface area contributed by atoms with E-state index in [2.05, 4.69) is 20.8 Å². The first-order valence-electron chi connectivity index (χ1n) is 12.1. The van der Waals surface area contributed by atoms with Crippen molar-refractivity contribution in [3.63, 3.8) is 0 Å². The first-order chi connectivity index (χ1) is 19.2. The Morgan fingerprint density at radius 2 is 1.73 bits per heavy atom. The Bertz CT molecular complexity index is 1590. The molecule has 0 fully saturated rings. The van der Waals surface area contributed by atoms with Crippen molar-refractivity contribution in [2.75, 3.05) is 0 Å². The van der Waals surface area contributed by atoms with E-state index in [9.17, 15) is 18.0 Å². The Labute approximate surface area is 236 Å². The summed E-state index contributed by atoms with van der Waals surface area (Å²) >= 11 is 5.95. The number of furan rings is 1. The van der Waals surface area contributed by atoms with E-state index in [0.717, 1.165) is 11.1 Å². The highest BCUT2D eigenvalue weighted by molar-refractivity contribution is 7.89. The number of nitrogens with one attached hydrogen (secondary N) is 2. The number of pyridine rings is 1. The van der Waals surface area contributed by atoms with Gasteiger partial charge in [0.15, 0.2) is 0 Å². The zero-order chi connectivity index (χ0) is 28.5. The van der Waals surface area contributed by atoms with Crippen LogP contribution in [0.2, 0.25) is 5.02 Å². The number of carbonyl (C=O) groups excluding carboxylic acids is 2. The van der Waals surface area contributed by atoms with Crippen LogP contribution in [0.15, 0.2) is 99.5 Å². The Morgan fingerprint density at radius 1 is 0.975 bits per heavy atom. The SMILES string of the molecule is Cc1ccc(CN(Cc2ccc(/C=N/NC(=O)C(=O)NCc3ccccn3)o2)S(=O)(=O)c2ccc(Cl)cc2)cc1. The Morgan fingerprint density at radius 3 is 2.42 bits per heavy atom. The van der Waals surface area contributed by atoms with Gasteiger partial charge in [-0.25, -0.2) is 13.8 Å². The number of nitrogens with zero attached hydrogens (tertiary/aromatic N) is 3. The van der Waals surface area contributed by atoms with Crippen LogP contribution in [0.5, 0.6) is 0 Å². The van der Waals surface area contributed by atoms with Gasteiger partial charge in [-0.15, -0.1) is 0 Å². The molecule has 0 bridgehead atoms. The van der Waals surface area contributed by atoms with Crippen molar-refractivity contribution < 1.29 is 22.4 Å². The van der Waals surface area contributed by atoms with Gasteiger partial charge in [0, 0.05) is 17.8 Å². The summed E-state index contributed by atoms with van der Waals surface area (Å²) in [5.41, 5.74) is 4.59. The van der Waals surface area contributed by atoms with E-state index >= 15 is 0 Å². The molecule has 206 valence electrons. The third-order valence-corrected chi connectivity index (χ3v) is 7.72. The third kappa shape index (κ3) is 7.85. The van der Waals surface area contributed by atoms with Gasteiger partial charge in [-0.3, -0.25) is 14.6 Å². The molecule has 2 aromatic heterocycles. The summed E-state index contributed by atoms with van der Waals surface area (Å²) in [6, 6.07) is 21.9. The van der Waals surface area contributed by atoms with Crippen LogP contribution < -0.4 is 10.7 Å². The topological polar surface area (TPSA) is 134 Å². The lowest BCUT2D eigenvalue weighted by atomic mass is 10.1. The molecule has 40 heavy (non-hydrogen) atoms. The number of carbonyl (C=O) groups is 2. The first kappa shape index (κ1) is 28.7. The molecule has 4 aromatic rings. The van der Waals surface area contributed by atoms with Crippen molar-refractivity contribution >= 4 is 39.7 Å². The largest absolute Gasteiger partial charge is 0.459 e. The lowest BCUT2D eigenvalue weighted by molar-refractivity contribution is -0.139. The fraction of sp³-hybridized carbons (Fsp3) is 0.143. The number of aryl methyl sites for hydroxylation is 1. The number of sulfonamides is 1. The van der Waals surface area contributed by atoms with Gasteiger partial charge < -0.3 is 9.73 Å². The Hall–Kier alpha value is -4.32. The zero-order valence-corrected chi connectivity index (χ0v) is 23.0. The summed E-state index contributed by atoms with van der Waals surface area (Å²) in [5, 5.41) is 6.63. The van der Waals surface area contributed by atoms with Crippen LogP contribution in [-0.4, -0.2) is 35.7 Å². The van der Waals surface area contributed by atoms with E-state index in [4.69, 9.17) is 16.0 Å². The van der Waals surface area contributed by atoms with Crippen LogP contribution in [-0.2, 0) is 39.2 Å². The number of hydrogen-bond acceptors (Lipinski definition) is 7. The number of hydrazone groups is 1. The number of hydrogen-bond donors (Lipinski definition) is 2. The fourth-order valence-corrected chi connectivity index (χ4v) is 5.08. The Balaban J connectivity index is 1.41. The van der Waals surface area contributed by atoms with Crippen LogP contribution in [0.25, 0.3) is 0 Å². The molecule has 0 saturated carbocycles. The monoisotopic (exact) mass is 579 g/mol. The molecule has 0 saturated heterocycles. The molecule has 2 aromatic carbocycles. The third-order valence-electron chi connectivity index (χ3n) is 5.67. The van der Waals surface area contributed by atoms with E-state index < -0.39 is 21.8 Å². The molecule has 0 unspecified atom stereocenters. The van der Waals surface area contributed by atoms with Gasteiger partial charge in [0.05, 0.1) is 29.9 Å². The average molecular weight is 580 g/mol. The van der Waals surface area contributed by atoms with Crippen LogP contribution in [0, 0.1) is 6.92 Å². The van der Waals surface area contributed by atoms with Crippen LogP contribution >= 0.6 is 11.6 Å². The highest BCUT2D eigenvalue weighted by atomic mass is 35.5. The Kier molecular flexibility index (Phi) is 9.43. The molecule has 2 heterocycles. The summed E-state index contributed by atoms with van der Waals surface area (Å²) in [5.74, 6) is -1.23. The standard InChI is InChI=1S/C28H26ClN5O5S/c1-20-5-7-21(8-6-20)18-34(40(37,38)26-13-9-22(29)10-14-26)19-25-12-11-24(39-25)17-32-33-28(36)27(35)31-16-23-4-2-3-15-30-23/h2-15,17H,16,18-19H2,1H3,(H,31,35)(H,33,36)/b32-17+. The van der Waals surface area contributed by atoms with Crippen molar-refractivity contribution in [3.8, 4) is 0 Å². The minimum atomic E-state index is -3.90. The van der Waals surface area contributed by atoms with Crippen LogP contribution in [0.4, 0.5) is 0 Å². The number of benzene rings is 2. The molecule has 0 radical (unpaired) electrons. The second kappa shape index (κ2) is 13.2. The molecule has 0 aliphatic carbocycles. The summed E-state index contributed by atoms with van der Waals surface area (Å²) in [6.07, 6.45) is 2.80. The van der Waals surface area contributed by atoms with Gasteiger partial charge in [0.2, 0.25) is 10.0 Å². The highest BCUT2D eigenvalue weighted by Crippen LogP contribution is 2.23. The minimum absolute atomic E-state index is 0.0606. The number of aromatic nitrogens is 1. The normalized spacial score (nSPS) is 11.6. The number of rotatable bonds is 10.